The molecule has 2 heteroatoms. The third-order valence-electron chi connectivity index (χ3n) is 5.46. The lowest BCUT2D eigenvalue weighted by Gasteiger charge is -2.38. The van der Waals surface area contributed by atoms with E-state index in [0.29, 0.717) is 0 Å². The van der Waals surface area contributed by atoms with Crippen LogP contribution in [0.1, 0.15) is 12.0 Å². The lowest BCUT2D eigenvalue weighted by Crippen LogP contribution is -2.27. The molecule has 0 N–H and O–H groups in total. The third-order valence-corrected chi connectivity index (χ3v) is 5.46. The van der Waals surface area contributed by atoms with E-state index in [4.69, 9.17) is 4.98 Å². The minimum atomic E-state index is 1.08. The van der Waals surface area contributed by atoms with Crippen LogP contribution in [0.25, 0.3) is 32.9 Å². The van der Waals surface area contributed by atoms with Gasteiger partial charge in [0, 0.05) is 22.9 Å². The van der Waals surface area contributed by atoms with Crippen LogP contribution in [0.2, 0.25) is 0 Å². The van der Waals surface area contributed by atoms with Crippen molar-refractivity contribution in [1.29, 1.82) is 0 Å². The molecule has 0 atom stereocenters. The number of fused-ring (bicyclic) bond motifs is 4. The van der Waals surface area contributed by atoms with Crippen molar-refractivity contribution in [3.05, 3.63) is 66.2 Å². The second-order valence-corrected chi connectivity index (χ2v) is 6.75. The van der Waals surface area contributed by atoms with Crippen molar-refractivity contribution < 1.29 is 0 Å². The first-order chi connectivity index (χ1) is 11.9. The van der Waals surface area contributed by atoms with E-state index in [9.17, 15) is 0 Å². The molecule has 0 amide bonds. The summed E-state index contributed by atoms with van der Waals surface area (Å²) in [5.41, 5.74) is 9.12. The molecule has 4 aromatic rings. The van der Waals surface area contributed by atoms with Crippen LogP contribution in [0.15, 0.2) is 60.7 Å². The van der Waals surface area contributed by atoms with Crippen molar-refractivity contribution in [2.45, 2.75) is 12.8 Å². The number of pyridine rings is 1. The summed E-state index contributed by atoms with van der Waals surface area (Å²) in [5, 5.41) is 2.57. The number of nitrogens with zero attached hydrogens (tertiary/aromatic N) is 2. The summed E-state index contributed by atoms with van der Waals surface area (Å²) >= 11 is 0. The molecule has 6 rings (SSSR count). The number of rotatable bonds is 0. The summed E-state index contributed by atoms with van der Waals surface area (Å²) in [6.07, 6.45) is 2.38. The quantitative estimate of drug-likeness (QED) is 0.401. The first-order valence-electron chi connectivity index (χ1n) is 8.63. The van der Waals surface area contributed by atoms with Gasteiger partial charge in [-0.15, -0.1) is 0 Å². The fourth-order valence-electron chi connectivity index (χ4n) is 4.51. The molecule has 0 saturated heterocycles. The molecule has 0 fully saturated rings. The predicted molar refractivity (Wildman–Crippen MR) is 100 cm³/mol. The summed E-state index contributed by atoms with van der Waals surface area (Å²) in [7, 11) is 0. The molecule has 3 heterocycles. The van der Waals surface area contributed by atoms with Crippen molar-refractivity contribution >= 4 is 33.2 Å². The van der Waals surface area contributed by atoms with Crippen LogP contribution < -0.4 is 4.90 Å². The largest absolute Gasteiger partial charge is 0.340 e. The Kier molecular flexibility index (Phi) is 2.28. The Morgan fingerprint density at radius 1 is 0.750 bits per heavy atom. The normalized spacial score (nSPS) is 14.9. The van der Waals surface area contributed by atoms with Gasteiger partial charge in [-0.1, -0.05) is 48.5 Å². The number of aryl methyl sites for hydroxylation is 1. The minimum Gasteiger partial charge on any atom is -0.340 e. The van der Waals surface area contributed by atoms with Crippen LogP contribution in [-0.4, -0.2) is 11.5 Å². The highest BCUT2D eigenvalue weighted by molar-refractivity contribution is 6.19. The molecular formula is C22H16N2. The summed E-state index contributed by atoms with van der Waals surface area (Å²) in [6.45, 7) is 1.08. The molecule has 1 aromatic heterocycles. The Labute approximate surface area is 140 Å². The first kappa shape index (κ1) is 12.5. The smallest absolute Gasteiger partial charge is 0.0737 e. The van der Waals surface area contributed by atoms with Crippen LogP contribution >= 0.6 is 0 Å². The fraction of sp³-hybridized carbons (Fsp3) is 0.136. The van der Waals surface area contributed by atoms with Crippen molar-refractivity contribution in [1.82, 2.24) is 4.98 Å². The maximum atomic E-state index is 4.94. The Balaban J connectivity index is 1.90. The van der Waals surface area contributed by atoms with Gasteiger partial charge in [0.2, 0.25) is 0 Å². The van der Waals surface area contributed by atoms with E-state index < -0.39 is 0 Å². The molecule has 3 aromatic carbocycles. The highest BCUT2D eigenvalue weighted by Crippen LogP contribution is 2.52. The molecule has 24 heavy (non-hydrogen) atoms. The Hall–Kier alpha value is -2.87. The molecule has 0 saturated carbocycles. The zero-order chi connectivity index (χ0) is 15.7. The van der Waals surface area contributed by atoms with Crippen molar-refractivity contribution in [3.63, 3.8) is 0 Å². The molecule has 2 nitrogen and oxygen atoms in total. The number of para-hydroxylation sites is 2. The van der Waals surface area contributed by atoms with Crippen LogP contribution in [0.4, 0.5) is 11.4 Å². The van der Waals surface area contributed by atoms with Gasteiger partial charge in [0.05, 0.1) is 22.4 Å². The van der Waals surface area contributed by atoms with Gasteiger partial charge >= 0.3 is 0 Å². The zero-order valence-corrected chi connectivity index (χ0v) is 13.3. The van der Waals surface area contributed by atoms with Crippen LogP contribution in [-0.2, 0) is 6.42 Å². The molecule has 0 radical (unpaired) electrons. The predicted octanol–water partition coefficient (Wildman–Crippen LogP) is 5.45. The fourth-order valence-corrected chi connectivity index (χ4v) is 4.51. The minimum absolute atomic E-state index is 1.08. The average Bonchev–Trinajstić information content (AvgIpc) is 2.64. The average molecular weight is 308 g/mol. The van der Waals surface area contributed by atoms with Crippen molar-refractivity contribution in [2.24, 2.45) is 0 Å². The van der Waals surface area contributed by atoms with E-state index in [1.807, 2.05) is 0 Å². The second kappa shape index (κ2) is 4.35. The second-order valence-electron chi connectivity index (χ2n) is 6.75. The molecule has 0 aliphatic carbocycles. The summed E-state index contributed by atoms with van der Waals surface area (Å²) in [4.78, 5) is 7.49. The SMILES string of the molecule is c1cc2c3c(c1)-c1cccc4nc5ccccc5c(c14)N3CCC2. The number of anilines is 2. The molecule has 2 aliphatic rings. The Bertz CT molecular complexity index is 1140. The molecule has 114 valence electrons. The van der Waals surface area contributed by atoms with Gasteiger partial charge in [-0.3, -0.25) is 0 Å². The number of aromatic nitrogens is 1. The molecule has 2 aliphatic heterocycles. The van der Waals surface area contributed by atoms with Crippen LogP contribution in [0.3, 0.4) is 0 Å². The lowest BCUT2D eigenvalue weighted by molar-refractivity contribution is 0.769. The number of benzene rings is 3. The van der Waals surface area contributed by atoms with Gasteiger partial charge < -0.3 is 4.90 Å². The maximum Gasteiger partial charge on any atom is 0.0737 e. The summed E-state index contributed by atoms with van der Waals surface area (Å²) < 4.78 is 0. The zero-order valence-electron chi connectivity index (χ0n) is 13.3. The van der Waals surface area contributed by atoms with E-state index in [-0.39, 0.29) is 0 Å². The van der Waals surface area contributed by atoms with Gasteiger partial charge in [0.1, 0.15) is 0 Å². The third kappa shape index (κ3) is 1.44. The van der Waals surface area contributed by atoms with Crippen molar-refractivity contribution in [2.75, 3.05) is 11.4 Å². The monoisotopic (exact) mass is 308 g/mol. The first-order valence-corrected chi connectivity index (χ1v) is 8.63. The van der Waals surface area contributed by atoms with Gasteiger partial charge in [-0.2, -0.15) is 0 Å². The van der Waals surface area contributed by atoms with E-state index in [1.54, 1.807) is 0 Å². The van der Waals surface area contributed by atoms with Crippen LogP contribution in [0, 0.1) is 0 Å². The molecule has 0 unspecified atom stereocenters. The summed E-state index contributed by atoms with van der Waals surface area (Å²) in [6, 6.07) is 21.9. The molecule has 0 spiro atoms. The topological polar surface area (TPSA) is 16.1 Å². The van der Waals surface area contributed by atoms with E-state index in [1.165, 1.54) is 51.7 Å². The highest BCUT2D eigenvalue weighted by Gasteiger charge is 2.30. The number of hydrogen-bond donors (Lipinski definition) is 0. The van der Waals surface area contributed by atoms with Gasteiger partial charge in [-0.05, 0) is 36.1 Å². The van der Waals surface area contributed by atoms with E-state index >= 15 is 0 Å². The van der Waals surface area contributed by atoms with E-state index in [0.717, 1.165) is 17.6 Å². The van der Waals surface area contributed by atoms with Gasteiger partial charge in [0.25, 0.3) is 0 Å². The highest BCUT2D eigenvalue weighted by atomic mass is 15.2. The number of hydrogen-bond acceptors (Lipinski definition) is 2. The Morgan fingerprint density at radius 3 is 2.58 bits per heavy atom. The van der Waals surface area contributed by atoms with Gasteiger partial charge in [0.15, 0.2) is 0 Å². The van der Waals surface area contributed by atoms with E-state index in [2.05, 4.69) is 65.6 Å². The molecular weight excluding hydrogens is 292 g/mol. The van der Waals surface area contributed by atoms with Crippen molar-refractivity contribution in [3.8, 4) is 11.1 Å². The molecule has 0 bridgehead atoms. The lowest BCUT2D eigenvalue weighted by atomic mass is 9.86. The maximum absolute atomic E-state index is 4.94. The van der Waals surface area contributed by atoms with Gasteiger partial charge in [-0.25, -0.2) is 4.98 Å². The summed E-state index contributed by atoms with van der Waals surface area (Å²) in [5.74, 6) is 0. The van der Waals surface area contributed by atoms with Crippen LogP contribution in [0.5, 0.6) is 0 Å². The Morgan fingerprint density at radius 2 is 1.58 bits per heavy atom. The standard InChI is InChI=1S/C22H16N2/c1-2-11-18-17(8-1)22-20-15(9-4-12-19(20)23-18)16-10-3-6-14-7-5-13-24(22)21(14)16/h1-4,6,8-12H,5,7,13H2.